The van der Waals surface area contributed by atoms with E-state index in [4.69, 9.17) is 0 Å². The van der Waals surface area contributed by atoms with E-state index < -0.39 is 0 Å². The van der Waals surface area contributed by atoms with Gasteiger partial charge in [-0.1, -0.05) is 26.3 Å². The summed E-state index contributed by atoms with van der Waals surface area (Å²) in [6.07, 6.45) is 4.12. The van der Waals surface area contributed by atoms with E-state index >= 15 is 0 Å². The van der Waals surface area contributed by atoms with Crippen LogP contribution in [-0.4, -0.2) is 18.1 Å². The Morgan fingerprint density at radius 2 is 2.29 bits per heavy atom. The molecule has 2 nitrogen and oxygen atoms in total. The topological polar surface area (TPSA) is 24.9 Å². The van der Waals surface area contributed by atoms with Gasteiger partial charge in [0.1, 0.15) is 0 Å². The van der Waals surface area contributed by atoms with E-state index in [1.165, 1.54) is 12.1 Å². The van der Waals surface area contributed by atoms with Gasteiger partial charge in [-0.2, -0.15) is 0 Å². The smallest absolute Gasteiger partial charge is 0.0416 e. The number of hydrogen-bond donors (Lipinski definition) is 1. The van der Waals surface area contributed by atoms with Crippen LogP contribution < -0.4 is 5.32 Å². The molecule has 0 aliphatic heterocycles. The SMILES string of the molecule is CCC(C)CNCCc1ccccn1. The van der Waals surface area contributed by atoms with E-state index in [1.54, 1.807) is 0 Å². The van der Waals surface area contributed by atoms with Gasteiger partial charge in [0.15, 0.2) is 0 Å². The summed E-state index contributed by atoms with van der Waals surface area (Å²) in [5, 5.41) is 3.44. The summed E-state index contributed by atoms with van der Waals surface area (Å²) in [6, 6.07) is 6.07. The minimum absolute atomic E-state index is 0.777. The normalized spacial score (nSPS) is 12.7. The molecule has 0 radical (unpaired) electrons. The highest BCUT2D eigenvalue weighted by atomic mass is 14.9. The van der Waals surface area contributed by atoms with Gasteiger partial charge in [0.25, 0.3) is 0 Å². The van der Waals surface area contributed by atoms with Crippen LogP contribution in [0.1, 0.15) is 26.0 Å². The van der Waals surface area contributed by atoms with Crippen molar-refractivity contribution in [2.45, 2.75) is 26.7 Å². The number of nitrogens with zero attached hydrogens (tertiary/aromatic N) is 1. The molecule has 2 heteroatoms. The molecule has 1 aromatic rings. The highest BCUT2D eigenvalue weighted by Crippen LogP contribution is 1.97. The van der Waals surface area contributed by atoms with Crippen LogP contribution in [0.4, 0.5) is 0 Å². The lowest BCUT2D eigenvalue weighted by Gasteiger charge is -2.09. The van der Waals surface area contributed by atoms with Gasteiger partial charge in [-0.3, -0.25) is 4.98 Å². The molecule has 0 saturated heterocycles. The Labute approximate surface area is 86.8 Å². The lowest BCUT2D eigenvalue weighted by atomic mass is 10.1. The molecule has 0 bridgehead atoms. The lowest BCUT2D eigenvalue weighted by molar-refractivity contribution is 0.501. The van der Waals surface area contributed by atoms with Crippen LogP contribution in [0.2, 0.25) is 0 Å². The van der Waals surface area contributed by atoms with Crippen LogP contribution >= 0.6 is 0 Å². The van der Waals surface area contributed by atoms with Gasteiger partial charge in [-0.25, -0.2) is 0 Å². The van der Waals surface area contributed by atoms with Crippen LogP contribution in [0.15, 0.2) is 24.4 Å². The molecular formula is C12H20N2. The number of nitrogens with one attached hydrogen (secondary N) is 1. The van der Waals surface area contributed by atoms with Gasteiger partial charge < -0.3 is 5.32 Å². The average molecular weight is 192 g/mol. The van der Waals surface area contributed by atoms with E-state index in [9.17, 15) is 0 Å². The Morgan fingerprint density at radius 1 is 1.43 bits per heavy atom. The van der Waals surface area contributed by atoms with Gasteiger partial charge in [0.2, 0.25) is 0 Å². The fourth-order valence-corrected chi connectivity index (χ4v) is 1.26. The largest absolute Gasteiger partial charge is 0.316 e. The van der Waals surface area contributed by atoms with Gasteiger partial charge in [-0.05, 0) is 24.6 Å². The van der Waals surface area contributed by atoms with Crippen molar-refractivity contribution in [1.29, 1.82) is 0 Å². The molecule has 0 aliphatic rings. The zero-order valence-corrected chi connectivity index (χ0v) is 9.16. The molecule has 1 rings (SSSR count). The molecule has 1 unspecified atom stereocenters. The molecule has 14 heavy (non-hydrogen) atoms. The van der Waals surface area contributed by atoms with E-state index in [2.05, 4.69) is 30.2 Å². The van der Waals surface area contributed by atoms with Crippen molar-refractivity contribution in [3.63, 3.8) is 0 Å². The molecule has 78 valence electrons. The lowest BCUT2D eigenvalue weighted by Crippen LogP contribution is -2.23. The maximum absolute atomic E-state index is 4.28. The summed E-state index contributed by atoms with van der Waals surface area (Å²) in [5.74, 6) is 0.777. The average Bonchev–Trinajstić information content (AvgIpc) is 2.25. The van der Waals surface area contributed by atoms with Crippen LogP contribution in [0.3, 0.4) is 0 Å². The third-order valence-electron chi connectivity index (χ3n) is 2.47. The Morgan fingerprint density at radius 3 is 2.93 bits per heavy atom. The first kappa shape index (κ1) is 11.2. The zero-order valence-electron chi connectivity index (χ0n) is 9.16. The van der Waals surface area contributed by atoms with Crippen LogP contribution in [0.5, 0.6) is 0 Å². The number of aromatic nitrogens is 1. The summed E-state index contributed by atoms with van der Waals surface area (Å²) in [6.45, 7) is 6.64. The zero-order chi connectivity index (χ0) is 10.2. The van der Waals surface area contributed by atoms with E-state index in [0.717, 1.165) is 25.4 Å². The molecule has 1 heterocycles. The summed E-state index contributed by atoms with van der Waals surface area (Å²) < 4.78 is 0. The molecule has 1 atom stereocenters. The predicted molar refractivity (Wildman–Crippen MR) is 60.3 cm³/mol. The second-order valence-electron chi connectivity index (χ2n) is 3.79. The summed E-state index contributed by atoms with van der Waals surface area (Å²) in [7, 11) is 0. The fourth-order valence-electron chi connectivity index (χ4n) is 1.26. The van der Waals surface area contributed by atoms with Gasteiger partial charge in [-0.15, -0.1) is 0 Å². The molecule has 0 fully saturated rings. The molecular weight excluding hydrogens is 172 g/mol. The Hall–Kier alpha value is -0.890. The minimum atomic E-state index is 0.777. The van der Waals surface area contributed by atoms with Crippen molar-refractivity contribution < 1.29 is 0 Å². The molecule has 0 amide bonds. The quantitative estimate of drug-likeness (QED) is 0.699. The maximum atomic E-state index is 4.28. The van der Waals surface area contributed by atoms with Crippen LogP contribution in [0.25, 0.3) is 0 Å². The van der Waals surface area contributed by atoms with Crippen molar-refractivity contribution in [1.82, 2.24) is 10.3 Å². The second-order valence-corrected chi connectivity index (χ2v) is 3.79. The Kier molecular flexibility index (Phi) is 5.23. The summed E-state index contributed by atoms with van der Waals surface area (Å²) in [5.41, 5.74) is 1.17. The van der Waals surface area contributed by atoms with Gasteiger partial charge in [0.05, 0.1) is 0 Å². The first-order valence-corrected chi connectivity index (χ1v) is 5.43. The van der Waals surface area contributed by atoms with Gasteiger partial charge in [0, 0.05) is 24.9 Å². The molecule has 0 saturated carbocycles. The molecule has 0 spiro atoms. The minimum Gasteiger partial charge on any atom is -0.316 e. The third-order valence-corrected chi connectivity index (χ3v) is 2.47. The van der Waals surface area contributed by atoms with Crippen molar-refractivity contribution in [2.24, 2.45) is 5.92 Å². The fraction of sp³-hybridized carbons (Fsp3) is 0.583. The number of rotatable bonds is 6. The van der Waals surface area contributed by atoms with E-state index in [0.29, 0.717) is 0 Å². The molecule has 0 aromatic carbocycles. The Balaban J connectivity index is 2.10. The highest BCUT2D eigenvalue weighted by molar-refractivity contribution is 5.03. The van der Waals surface area contributed by atoms with Crippen LogP contribution in [0, 0.1) is 5.92 Å². The van der Waals surface area contributed by atoms with Crippen LogP contribution in [-0.2, 0) is 6.42 Å². The Bertz CT molecular complexity index is 233. The number of hydrogen-bond acceptors (Lipinski definition) is 2. The molecule has 0 aliphatic carbocycles. The summed E-state index contributed by atoms with van der Waals surface area (Å²) in [4.78, 5) is 4.28. The van der Waals surface area contributed by atoms with Gasteiger partial charge >= 0.3 is 0 Å². The number of pyridine rings is 1. The van der Waals surface area contributed by atoms with Crippen molar-refractivity contribution in [3.8, 4) is 0 Å². The first-order chi connectivity index (χ1) is 6.83. The first-order valence-electron chi connectivity index (χ1n) is 5.43. The monoisotopic (exact) mass is 192 g/mol. The predicted octanol–water partition coefficient (Wildman–Crippen LogP) is 2.26. The van der Waals surface area contributed by atoms with Crippen molar-refractivity contribution in [2.75, 3.05) is 13.1 Å². The van der Waals surface area contributed by atoms with Crippen molar-refractivity contribution >= 4 is 0 Å². The maximum Gasteiger partial charge on any atom is 0.0416 e. The summed E-state index contributed by atoms with van der Waals surface area (Å²) >= 11 is 0. The van der Waals surface area contributed by atoms with Crippen molar-refractivity contribution in [3.05, 3.63) is 30.1 Å². The highest BCUT2D eigenvalue weighted by Gasteiger charge is 1.97. The second kappa shape index (κ2) is 6.55. The van der Waals surface area contributed by atoms with E-state index in [1.807, 2.05) is 18.3 Å². The standard InChI is InChI=1S/C12H20N2/c1-3-11(2)10-13-9-7-12-6-4-5-8-14-12/h4-6,8,11,13H,3,7,9-10H2,1-2H3. The third kappa shape index (κ3) is 4.38. The molecule has 1 aromatic heterocycles. The molecule has 1 N–H and O–H groups in total. The van der Waals surface area contributed by atoms with E-state index in [-0.39, 0.29) is 0 Å².